The van der Waals surface area contributed by atoms with Gasteiger partial charge in [0.1, 0.15) is 0 Å². The van der Waals surface area contributed by atoms with Crippen LogP contribution >= 0.6 is 11.6 Å². The van der Waals surface area contributed by atoms with Gasteiger partial charge in [0.15, 0.2) is 17.2 Å². The molecule has 2 saturated carbocycles. The van der Waals surface area contributed by atoms with Crippen molar-refractivity contribution in [1.82, 2.24) is 0 Å². The van der Waals surface area contributed by atoms with Crippen LogP contribution in [0.4, 0.5) is 0 Å². The second kappa shape index (κ2) is 6.29. The highest BCUT2D eigenvalue weighted by Gasteiger charge is 2.67. The SMILES string of the molecule is CC(=O)OC1(C(C)=O)CCC2C3C=C(Cl)C4=CC(=O)CC[C@]4(C)C3CC[C@@]21C. The van der Waals surface area contributed by atoms with Crippen molar-refractivity contribution in [3.05, 3.63) is 22.8 Å². The molecule has 0 spiro atoms. The topological polar surface area (TPSA) is 60.4 Å². The van der Waals surface area contributed by atoms with E-state index in [4.69, 9.17) is 16.3 Å². The van der Waals surface area contributed by atoms with Crippen molar-refractivity contribution in [3.8, 4) is 0 Å². The number of halogens is 1. The van der Waals surface area contributed by atoms with E-state index in [1.54, 1.807) is 13.0 Å². The van der Waals surface area contributed by atoms with Gasteiger partial charge in [-0.05, 0) is 73.8 Å². The number of ether oxygens (including phenoxy) is 1. The zero-order valence-electron chi connectivity index (χ0n) is 17.1. The number of hydrogen-bond donors (Lipinski definition) is 0. The highest BCUT2D eigenvalue weighted by atomic mass is 35.5. The predicted octanol–water partition coefficient (Wildman–Crippen LogP) is 4.75. The molecule has 0 aliphatic heterocycles. The molecule has 0 bridgehead atoms. The number of carbonyl (C=O) groups excluding carboxylic acids is 3. The third kappa shape index (κ3) is 2.46. The van der Waals surface area contributed by atoms with Crippen LogP contribution in [0.25, 0.3) is 0 Å². The highest BCUT2D eigenvalue weighted by molar-refractivity contribution is 6.32. The Hall–Kier alpha value is -1.42. The molecule has 0 amide bonds. The molecule has 0 N–H and O–H groups in total. The third-order valence-electron chi connectivity index (χ3n) is 8.56. The van der Waals surface area contributed by atoms with Gasteiger partial charge >= 0.3 is 5.97 Å². The van der Waals surface area contributed by atoms with E-state index in [0.29, 0.717) is 23.8 Å². The molecule has 4 nitrogen and oxygen atoms in total. The Morgan fingerprint density at radius 1 is 1.11 bits per heavy atom. The summed E-state index contributed by atoms with van der Waals surface area (Å²) in [6.45, 7) is 7.33. The molecule has 4 rings (SSSR count). The zero-order valence-corrected chi connectivity index (χ0v) is 17.9. The molecule has 6 atom stereocenters. The Morgan fingerprint density at radius 2 is 1.79 bits per heavy atom. The lowest BCUT2D eigenvalue weighted by molar-refractivity contribution is -0.185. The molecule has 4 aliphatic carbocycles. The number of rotatable bonds is 2. The number of carbonyl (C=O) groups is 3. The summed E-state index contributed by atoms with van der Waals surface area (Å²) in [5, 5.41) is 0.689. The molecule has 0 aromatic rings. The van der Waals surface area contributed by atoms with Crippen LogP contribution in [0.1, 0.15) is 66.2 Å². The van der Waals surface area contributed by atoms with Crippen molar-refractivity contribution >= 4 is 29.1 Å². The number of esters is 1. The molecule has 0 saturated heterocycles. The van der Waals surface area contributed by atoms with Crippen LogP contribution in [0.15, 0.2) is 22.8 Å². The van der Waals surface area contributed by atoms with Gasteiger partial charge in [-0.3, -0.25) is 14.4 Å². The summed E-state index contributed by atoms with van der Waals surface area (Å²) in [5.74, 6) is 0.584. The normalized spacial score (nSPS) is 44.6. The van der Waals surface area contributed by atoms with E-state index in [2.05, 4.69) is 19.9 Å². The van der Waals surface area contributed by atoms with Gasteiger partial charge in [-0.1, -0.05) is 31.5 Å². The van der Waals surface area contributed by atoms with Crippen molar-refractivity contribution in [3.63, 3.8) is 0 Å². The van der Waals surface area contributed by atoms with Crippen LogP contribution in [0, 0.1) is 28.6 Å². The lowest BCUT2D eigenvalue weighted by Gasteiger charge is -2.57. The minimum absolute atomic E-state index is 0.0490. The third-order valence-corrected chi connectivity index (χ3v) is 8.89. The van der Waals surface area contributed by atoms with E-state index < -0.39 is 5.60 Å². The van der Waals surface area contributed by atoms with E-state index in [-0.39, 0.29) is 40.2 Å². The van der Waals surface area contributed by atoms with Crippen molar-refractivity contribution in [2.24, 2.45) is 28.6 Å². The molecule has 0 radical (unpaired) electrons. The van der Waals surface area contributed by atoms with E-state index in [0.717, 1.165) is 31.3 Å². The first-order valence-electron chi connectivity index (χ1n) is 10.4. The molecule has 152 valence electrons. The number of allylic oxidation sites excluding steroid dienone is 4. The van der Waals surface area contributed by atoms with Gasteiger partial charge in [0, 0.05) is 23.8 Å². The fourth-order valence-corrected chi connectivity index (χ4v) is 7.55. The Balaban J connectivity index is 1.79. The molecule has 28 heavy (non-hydrogen) atoms. The summed E-state index contributed by atoms with van der Waals surface area (Å²) < 4.78 is 5.79. The Bertz CT molecular complexity index is 826. The van der Waals surface area contributed by atoms with Crippen LogP contribution in [0.2, 0.25) is 0 Å². The average molecular weight is 405 g/mol. The molecule has 0 aromatic heterocycles. The summed E-state index contributed by atoms with van der Waals surface area (Å²) in [7, 11) is 0. The summed E-state index contributed by atoms with van der Waals surface area (Å²) in [6, 6.07) is 0. The second-order valence-electron chi connectivity index (χ2n) is 9.72. The van der Waals surface area contributed by atoms with Crippen molar-refractivity contribution in [2.45, 2.75) is 71.8 Å². The van der Waals surface area contributed by atoms with Crippen LogP contribution in [0.5, 0.6) is 0 Å². The van der Waals surface area contributed by atoms with Gasteiger partial charge < -0.3 is 4.74 Å². The molecular weight excluding hydrogens is 376 g/mol. The highest BCUT2D eigenvalue weighted by Crippen LogP contribution is 2.68. The van der Waals surface area contributed by atoms with Crippen molar-refractivity contribution < 1.29 is 19.1 Å². The molecule has 4 aliphatic rings. The smallest absolute Gasteiger partial charge is 0.303 e. The van der Waals surface area contributed by atoms with Gasteiger partial charge in [-0.25, -0.2) is 0 Å². The van der Waals surface area contributed by atoms with Crippen molar-refractivity contribution in [1.29, 1.82) is 0 Å². The second-order valence-corrected chi connectivity index (χ2v) is 10.1. The number of Topliss-reactive ketones (excluding diaryl/α,β-unsaturated/α-hetero) is 1. The van der Waals surface area contributed by atoms with E-state index >= 15 is 0 Å². The largest absolute Gasteiger partial charge is 0.451 e. The van der Waals surface area contributed by atoms with Gasteiger partial charge in [-0.2, -0.15) is 0 Å². The van der Waals surface area contributed by atoms with Gasteiger partial charge in [0.05, 0.1) is 0 Å². The van der Waals surface area contributed by atoms with Crippen LogP contribution in [-0.4, -0.2) is 23.1 Å². The summed E-state index contributed by atoms with van der Waals surface area (Å²) in [6.07, 6.45) is 8.48. The molecule has 4 unspecified atom stereocenters. The van der Waals surface area contributed by atoms with Gasteiger partial charge in [0.25, 0.3) is 0 Å². The maximum atomic E-state index is 12.7. The van der Waals surface area contributed by atoms with Gasteiger partial charge in [-0.15, -0.1) is 0 Å². The minimum atomic E-state index is -1.03. The number of fused-ring (bicyclic) bond motifs is 5. The Kier molecular flexibility index (Phi) is 4.46. The molecule has 2 fully saturated rings. The summed E-state index contributed by atoms with van der Waals surface area (Å²) in [4.78, 5) is 36.6. The number of hydrogen-bond acceptors (Lipinski definition) is 4. The first kappa shape index (κ1) is 19.9. The number of ketones is 2. The molecule has 0 heterocycles. The Morgan fingerprint density at radius 3 is 2.43 bits per heavy atom. The average Bonchev–Trinajstić information content (AvgIpc) is 2.90. The summed E-state index contributed by atoms with van der Waals surface area (Å²) in [5.41, 5.74) is -0.532. The minimum Gasteiger partial charge on any atom is -0.451 e. The predicted molar refractivity (Wildman–Crippen MR) is 107 cm³/mol. The lowest BCUT2D eigenvalue weighted by atomic mass is 9.48. The van der Waals surface area contributed by atoms with Crippen LogP contribution < -0.4 is 0 Å². The van der Waals surface area contributed by atoms with Gasteiger partial charge in [0.2, 0.25) is 0 Å². The fraction of sp³-hybridized carbons (Fsp3) is 0.696. The standard InChI is InChI=1S/C23H29ClO4/c1-13(25)23(28-14(2)26)10-7-18-16-12-20(24)19-11-15(27)5-8-21(19,3)17(16)6-9-22(18,23)4/h11-12,16-18H,5-10H2,1-4H3/t16?,17?,18?,21-,22+,23?/m1/s1. The monoisotopic (exact) mass is 404 g/mol. The molecule has 5 heteroatoms. The van der Waals surface area contributed by atoms with Crippen LogP contribution in [0.3, 0.4) is 0 Å². The first-order chi connectivity index (χ1) is 13.0. The van der Waals surface area contributed by atoms with Crippen molar-refractivity contribution in [2.75, 3.05) is 0 Å². The lowest BCUT2D eigenvalue weighted by Crippen LogP contribution is -2.58. The summed E-state index contributed by atoms with van der Waals surface area (Å²) >= 11 is 6.71. The zero-order chi connectivity index (χ0) is 20.5. The van der Waals surface area contributed by atoms with E-state index in [1.807, 2.05) is 0 Å². The molecule has 0 aromatic carbocycles. The van der Waals surface area contributed by atoms with E-state index in [9.17, 15) is 14.4 Å². The fourth-order valence-electron chi connectivity index (χ4n) is 7.13. The first-order valence-corrected chi connectivity index (χ1v) is 10.8. The van der Waals surface area contributed by atoms with E-state index in [1.165, 1.54) is 6.92 Å². The Labute approximate surface area is 171 Å². The maximum Gasteiger partial charge on any atom is 0.303 e. The molecular formula is C23H29ClO4. The maximum absolute atomic E-state index is 12.7. The quantitative estimate of drug-likeness (QED) is 0.623. The van der Waals surface area contributed by atoms with Crippen LogP contribution in [-0.2, 0) is 19.1 Å².